The fraction of sp³-hybridized carbons (Fsp3) is 0.231. The molecule has 2 aromatic rings. The van der Waals surface area contributed by atoms with Crippen molar-refractivity contribution in [3.63, 3.8) is 0 Å². The first-order valence-electron chi connectivity index (χ1n) is 5.58. The largest absolute Gasteiger partial charge is 0.384 e. The number of fused-ring (bicyclic) bond motifs is 1. The SMILES string of the molecule is CCN(C)c1nc2ccccc2cc1C(=N)N. The second-order valence-electron chi connectivity index (χ2n) is 3.98. The predicted molar refractivity (Wildman–Crippen MR) is 71.7 cm³/mol. The summed E-state index contributed by atoms with van der Waals surface area (Å²) in [5.74, 6) is 0.817. The van der Waals surface area contributed by atoms with Gasteiger partial charge in [0.05, 0.1) is 11.1 Å². The standard InChI is InChI=1S/C13H16N4/c1-3-17(2)13-10(12(14)15)8-9-6-4-5-7-11(9)16-13/h4-8H,3H2,1-2H3,(H3,14,15). The Balaban J connectivity index is 2.70. The number of nitrogens with zero attached hydrogens (tertiary/aromatic N) is 2. The molecular formula is C13H16N4. The summed E-state index contributed by atoms with van der Waals surface area (Å²) >= 11 is 0. The Morgan fingerprint density at radius 2 is 2.12 bits per heavy atom. The number of hydrogen-bond acceptors (Lipinski definition) is 3. The molecule has 0 saturated heterocycles. The fourth-order valence-corrected chi connectivity index (χ4v) is 1.74. The highest BCUT2D eigenvalue weighted by Gasteiger charge is 2.12. The van der Waals surface area contributed by atoms with Gasteiger partial charge in [-0.15, -0.1) is 0 Å². The molecule has 4 nitrogen and oxygen atoms in total. The quantitative estimate of drug-likeness (QED) is 0.623. The minimum atomic E-state index is 0.0542. The highest BCUT2D eigenvalue weighted by atomic mass is 15.2. The zero-order valence-electron chi connectivity index (χ0n) is 10.1. The number of nitrogens with two attached hydrogens (primary N) is 1. The van der Waals surface area contributed by atoms with Gasteiger partial charge in [0.2, 0.25) is 0 Å². The molecule has 4 heteroatoms. The molecule has 2 rings (SSSR count). The highest BCUT2D eigenvalue weighted by Crippen LogP contribution is 2.22. The average Bonchev–Trinajstić information content (AvgIpc) is 2.36. The second-order valence-corrected chi connectivity index (χ2v) is 3.98. The number of amidine groups is 1. The molecule has 0 aliphatic heterocycles. The van der Waals surface area contributed by atoms with Crippen LogP contribution in [0.4, 0.5) is 5.82 Å². The molecule has 0 unspecified atom stereocenters. The van der Waals surface area contributed by atoms with E-state index in [4.69, 9.17) is 11.1 Å². The third-order valence-electron chi connectivity index (χ3n) is 2.83. The molecule has 88 valence electrons. The van der Waals surface area contributed by atoms with Gasteiger partial charge in [-0.2, -0.15) is 0 Å². The van der Waals surface area contributed by atoms with Gasteiger partial charge in [0.25, 0.3) is 0 Å². The first-order valence-corrected chi connectivity index (χ1v) is 5.58. The van der Waals surface area contributed by atoms with Crippen molar-refractivity contribution in [3.05, 3.63) is 35.9 Å². The highest BCUT2D eigenvalue weighted by molar-refractivity contribution is 6.02. The number of hydrogen-bond donors (Lipinski definition) is 2. The number of aromatic nitrogens is 1. The lowest BCUT2D eigenvalue weighted by Gasteiger charge is -2.19. The number of para-hydroxylation sites is 1. The smallest absolute Gasteiger partial charge is 0.140 e. The van der Waals surface area contributed by atoms with Crippen LogP contribution in [0.2, 0.25) is 0 Å². The molecule has 1 aromatic heterocycles. The van der Waals surface area contributed by atoms with Gasteiger partial charge in [-0.25, -0.2) is 4.98 Å². The maximum Gasteiger partial charge on any atom is 0.140 e. The summed E-state index contributed by atoms with van der Waals surface area (Å²) in [7, 11) is 1.95. The Labute approximate surface area is 101 Å². The molecule has 0 bridgehead atoms. The van der Waals surface area contributed by atoms with Gasteiger partial charge >= 0.3 is 0 Å². The van der Waals surface area contributed by atoms with E-state index in [2.05, 4.69) is 4.98 Å². The number of nitrogens with one attached hydrogen (secondary N) is 1. The van der Waals surface area contributed by atoms with E-state index in [1.54, 1.807) is 0 Å². The molecule has 0 aliphatic carbocycles. The zero-order chi connectivity index (χ0) is 12.4. The van der Waals surface area contributed by atoms with Crippen molar-refractivity contribution < 1.29 is 0 Å². The van der Waals surface area contributed by atoms with Gasteiger partial charge in [0, 0.05) is 19.0 Å². The fourth-order valence-electron chi connectivity index (χ4n) is 1.74. The zero-order valence-corrected chi connectivity index (χ0v) is 10.1. The van der Waals surface area contributed by atoms with Crippen molar-refractivity contribution in [3.8, 4) is 0 Å². The molecule has 1 heterocycles. The molecule has 17 heavy (non-hydrogen) atoms. The van der Waals surface area contributed by atoms with Gasteiger partial charge < -0.3 is 10.6 Å². The van der Waals surface area contributed by atoms with Gasteiger partial charge in [-0.3, -0.25) is 5.41 Å². The van der Waals surface area contributed by atoms with Gasteiger partial charge in [-0.1, -0.05) is 18.2 Å². The summed E-state index contributed by atoms with van der Waals surface area (Å²) in [6.07, 6.45) is 0. The van der Waals surface area contributed by atoms with E-state index in [0.29, 0.717) is 5.56 Å². The van der Waals surface area contributed by atoms with Gasteiger partial charge in [-0.05, 0) is 19.1 Å². The lowest BCUT2D eigenvalue weighted by molar-refractivity contribution is 0.941. The van der Waals surface area contributed by atoms with E-state index in [0.717, 1.165) is 23.3 Å². The Morgan fingerprint density at radius 1 is 1.41 bits per heavy atom. The van der Waals surface area contributed by atoms with E-state index >= 15 is 0 Å². The summed E-state index contributed by atoms with van der Waals surface area (Å²) < 4.78 is 0. The van der Waals surface area contributed by atoms with Crippen LogP contribution in [0, 0.1) is 5.41 Å². The van der Waals surface area contributed by atoms with Crippen molar-refractivity contribution in [2.24, 2.45) is 5.73 Å². The summed E-state index contributed by atoms with van der Waals surface area (Å²) in [6.45, 7) is 2.87. The molecule has 3 N–H and O–H groups in total. The summed E-state index contributed by atoms with van der Waals surface area (Å²) in [6, 6.07) is 9.78. The monoisotopic (exact) mass is 228 g/mol. The lowest BCUT2D eigenvalue weighted by atomic mass is 10.1. The molecule has 0 radical (unpaired) electrons. The summed E-state index contributed by atoms with van der Waals surface area (Å²) in [4.78, 5) is 6.56. The molecule has 0 aliphatic rings. The van der Waals surface area contributed by atoms with Crippen LogP contribution in [0.5, 0.6) is 0 Å². The van der Waals surface area contributed by atoms with Crippen molar-refractivity contribution >= 4 is 22.6 Å². The Bertz CT molecular complexity index is 562. The maximum atomic E-state index is 7.63. The number of benzene rings is 1. The minimum absolute atomic E-state index is 0.0542. The van der Waals surface area contributed by atoms with Crippen LogP contribution in [0.25, 0.3) is 10.9 Å². The Morgan fingerprint density at radius 3 is 2.76 bits per heavy atom. The van der Waals surface area contributed by atoms with Crippen LogP contribution < -0.4 is 10.6 Å². The number of anilines is 1. The number of nitrogen functional groups attached to an aromatic ring is 1. The Kier molecular flexibility index (Phi) is 2.95. The third kappa shape index (κ3) is 2.06. The van der Waals surface area contributed by atoms with Crippen LogP contribution in [-0.4, -0.2) is 24.4 Å². The van der Waals surface area contributed by atoms with Crippen LogP contribution in [-0.2, 0) is 0 Å². The molecule has 0 atom stereocenters. The van der Waals surface area contributed by atoms with Crippen LogP contribution in [0.15, 0.2) is 30.3 Å². The van der Waals surface area contributed by atoms with Crippen LogP contribution >= 0.6 is 0 Å². The summed E-state index contributed by atoms with van der Waals surface area (Å²) in [5.41, 5.74) is 7.23. The predicted octanol–water partition coefficient (Wildman–Crippen LogP) is 1.97. The van der Waals surface area contributed by atoms with E-state index < -0.39 is 0 Å². The average molecular weight is 228 g/mol. The number of rotatable bonds is 3. The molecule has 0 saturated carbocycles. The van der Waals surface area contributed by atoms with Gasteiger partial charge in [0.1, 0.15) is 11.7 Å². The third-order valence-corrected chi connectivity index (χ3v) is 2.83. The molecule has 0 amide bonds. The normalized spacial score (nSPS) is 10.5. The van der Waals surface area contributed by atoms with Gasteiger partial charge in [0.15, 0.2) is 0 Å². The van der Waals surface area contributed by atoms with Crippen LogP contribution in [0.3, 0.4) is 0 Å². The molecular weight excluding hydrogens is 212 g/mol. The topological polar surface area (TPSA) is 66.0 Å². The van der Waals surface area contributed by atoms with Crippen molar-refractivity contribution in [1.29, 1.82) is 5.41 Å². The number of pyridine rings is 1. The van der Waals surface area contributed by atoms with E-state index in [1.165, 1.54) is 0 Å². The van der Waals surface area contributed by atoms with Crippen molar-refractivity contribution in [2.45, 2.75) is 6.92 Å². The van der Waals surface area contributed by atoms with E-state index in [9.17, 15) is 0 Å². The van der Waals surface area contributed by atoms with E-state index in [-0.39, 0.29) is 5.84 Å². The minimum Gasteiger partial charge on any atom is -0.384 e. The molecule has 0 fully saturated rings. The Hall–Kier alpha value is -2.10. The summed E-state index contributed by atoms with van der Waals surface area (Å²) in [5, 5.41) is 8.64. The first kappa shape index (κ1) is 11.4. The second kappa shape index (κ2) is 4.41. The lowest BCUT2D eigenvalue weighted by Crippen LogP contribution is -2.23. The molecule has 0 spiro atoms. The molecule has 1 aromatic carbocycles. The first-order chi connectivity index (χ1) is 8.13. The van der Waals surface area contributed by atoms with Crippen molar-refractivity contribution in [1.82, 2.24) is 4.98 Å². The van der Waals surface area contributed by atoms with Crippen LogP contribution in [0.1, 0.15) is 12.5 Å². The van der Waals surface area contributed by atoms with E-state index in [1.807, 2.05) is 49.2 Å². The maximum absolute atomic E-state index is 7.63. The van der Waals surface area contributed by atoms with Crippen molar-refractivity contribution in [2.75, 3.05) is 18.5 Å².